The van der Waals surface area contributed by atoms with Gasteiger partial charge in [0.15, 0.2) is 9.84 Å². The molecule has 1 fully saturated rings. The van der Waals surface area contributed by atoms with Crippen molar-refractivity contribution in [2.45, 2.75) is 26.2 Å². The van der Waals surface area contributed by atoms with Crippen LogP contribution in [-0.2, 0) is 21.1 Å². The first-order valence-corrected chi connectivity index (χ1v) is 8.91. The summed E-state index contributed by atoms with van der Waals surface area (Å²) in [6.07, 6.45) is 1.61. The van der Waals surface area contributed by atoms with Crippen LogP contribution >= 0.6 is 11.3 Å². The SMILES string of the molecule is Cc1ncsc1CCC(C(=O)O)C1CCS(=O)(=O)C1. The first-order valence-electron chi connectivity index (χ1n) is 6.21. The second-order valence-electron chi connectivity index (χ2n) is 5.01. The Hall–Kier alpha value is -0.950. The van der Waals surface area contributed by atoms with E-state index in [0.29, 0.717) is 19.3 Å². The molecule has 0 saturated carbocycles. The molecule has 1 aliphatic rings. The monoisotopic (exact) mass is 303 g/mol. The van der Waals surface area contributed by atoms with Gasteiger partial charge in [-0.25, -0.2) is 13.4 Å². The van der Waals surface area contributed by atoms with Gasteiger partial charge in [-0.15, -0.1) is 11.3 Å². The minimum Gasteiger partial charge on any atom is -0.481 e. The molecule has 1 aliphatic heterocycles. The molecule has 106 valence electrons. The van der Waals surface area contributed by atoms with E-state index in [2.05, 4.69) is 4.98 Å². The summed E-state index contributed by atoms with van der Waals surface area (Å²) in [4.78, 5) is 16.6. The van der Waals surface area contributed by atoms with Crippen LogP contribution in [0.15, 0.2) is 5.51 Å². The molecule has 5 nitrogen and oxygen atoms in total. The van der Waals surface area contributed by atoms with Gasteiger partial charge >= 0.3 is 5.97 Å². The normalized spacial score (nSPS) is 23.3. The Bertz CT molecular complexity index is 564. The zero-order valence-corrected chi connectivity index (χ0v) is 12.3. The molecule has 2 rings (SSSR count). The highest BCUT2D eigenvalue weighted by Gasteiger charge is 2.37. The fraction of sp³-hybridized carbons (Fsp3) is 0.667. The molecule has 0 amide bonds. The molecule has 0 spiro atoms. The molecule has 1 N–H and O–H groups in total. The molecule has 0 radical (unpaired) electrons. The Labute approximate surface area is 116 Å². The number of carboxylic acid groups (broad SMARTS) is 1. The molecule has 1 saturated heterocycles. The van der Waals surface area contributed by atoms with Gasteiger partial charge in [0, 0.05) is 4.88 Å². The highest BCUT2D eigenvalue weighted by atomic mass is 32.2. The topological polar surface area (TPSA) is 84.3 Å². The van der Waals surface area contributed by atoms with E-state index in [-0.39, 0.29) is 17.4 Å². The zero-order valence-electron chi connectivity index (χ0n) is 10.7. The number of sulfone groups is 1. The van der Waals surface area contributed by atoms with Crippen molar-refractivity contribution < 1.29 is 18.3 Å². The van der Waals surface area contributed by atoms with E-state index >= 15 is 0 Å². The maximum Gasteiger partial charge on any atom is 0.306 e. The van der Waals surface area contributed by atoms with Crippen LogP contribution in [0, 0.1) is 18.8 Å². The number of aliphatic carboxylic acids is 1. The summed E-state index contributed by atoms with van der Waals surface area (Å²) in [5.41, 5.74) is 2.69. The van der Waals surface area contributed by atoms with Crippen LogP contribution in [0.1, 0.15) is 23.4 Å². The number of hydrogen-bond donors (Lipinski definition) is 1. The van der Waals surface area contributed by atoms with Crippen LogP contribution in [0.4, 0.5) is 0 Å². The largest absolute Gasteiger partial charge is 0.481 e. The third-order valence-electron chi connectivity index (χ3n) is 3.68. The Morgan fingerprint density at radius 3 is 2.84 bits per heavy atom. The second kappa shape index (κ2) is 5.58. The van der Waals surface area contributed by atoms with Gasteiger partial charge in [0.1, 0.15) is 0 Å². The molecule has 1 aromatic heterocycles. The summed E-state index contributed by atoms with van der Waals surface area (Å²) in [5.74, 6) is -1.55. The lowest BCUT2D eigenvalue weighted by atomic mass is 9.87. The number of carbonyl (C=O) groups is 1. The molecule has 0 aliphatic carbocycles. The summed E-state index contributed by atoms with van der Waals surface area (Å²) >= 11 is 1.52. The minimum atomic E-state index is -3.03. The number of nitrogens with zero attached hydrogens (tertiary/aromatic N) is 1. The van der Waals surface area contributed by atoms with Gasteiger partial charge in [0.05, 0.1) is 28.6 Å². The van der Waals surface area contributed by atoms with Gasteiger partial charge in [-0.2, -0.15) is 0 Å². The lowest BCUT2D eigenvalue weighted by Crippen LogP contribution is -2.25. The molecular formula is C12H17NO4S2. The molecule has 1 aromatic rings. The predicted molar refractivity (Wildman–Crippen MR) is 73.1 cm³/mol. The van der Waals surface area contributed by atoms with Gasteiger partial charge in [-0.1, -0.05) is 0 Å². The average molecular weight is 303 g/mol. The van der Waals surface area contributed by atoms with Gasteiger partial charge in [0.2, 0.25) is 0 Å². The number of aryl methyl sites for hydroxylation is 2. The first kappa shape index (κ1) is 14.5. The standard InChI is InChI=1S/C12H17NO4S2/c1-8-11(18-7-13-8)3-2-10(12(14)15)9-4-5-19(16,17)6-9/h7,9-10H,2-6H2,1H3,(H,14,15). The number of aromatic nitrogens is 1. The van der Waals surface area contributed by atoms with Gasteiger partial charge in [-0.3, -0.25) is 4.79 Å². The van der Waals surface area contributed by atoms with Crippen molar-refractivity contribution >= 4 is 27.1 Å². The van der Waals surface area contributed by atoms with Gasteiger partial charge < -0.3 is 5.11 Å². The van der Waals surface area contributed by atoms with Crippen molar-refractivity contribution in [3.8, 4) is 0 Å². The highest BCUT2D eigenvalue weighted by molar-refractivity contribution is 7.91. The smallest absolute Gasteiger partial charge is 0.306 e. The predicted octanol–water partition coefficient (Wildman–Crippen LogP) is 1.52. The van der Waals surface area contributed by atoms with E-state index in [1.54, 1.807) is 5.51 Å². The quantitative estimate of drug-likeness (QED) is 0.891. The summed E-state index contributed by atoms with van der Waals surface area (Å²) in [6, 6.07) is 0. The summed E-state index contributed by atoms with van der Waals surface area (Å²) in [7, 11) is -3.03. The fourth-order valence-corrected chi connectivity index (χ4v) is 5.23. The van der Waals surface area contributed by atoms with E-state index in [9.17, 15) is 18.3 Å². The van der Waals surface area contributed by atoms with Gasteiger partial charge in [0.25, 0.3) is 0 Å². The van der Waals surface area contributed by atoms with Crippen LogP contribution in [0.25, 0.3) is 0 Å². The van der Waals surface area contributed by atoms with Crippen LogP contribution in [0.3, 0.4) is 0 Å². The maximum atomic E-state index is 11.5. The minimum absolute atomic E-state index is 0.0195. The third kappa shape index (κ3) is 3.54. The van der Waals surface area contributed by atoms with Crippen molar-refractivity contribution in [3.05, 3.63) is 16.1 Å². The molecule has 19 heavy (non-hydrogen) atoms. The lowest BCUT2D eigenvalue weighted by Gasteiger charge is -2.17. The Balaban J connectivity index is 2.02. The van der Waals surface area contributed by atoms with Crippen LogP contribution in [0.2, 0.25) is 0 Å². The molecule has 2 unspecified atom stereocenters. The Morgan fingerprint density at radius 2 is 2.37 bits per heavy atom. The number of thiazole rings is 1. The van der Waals surface area contributed by atoms with E-state index < -0.39 is 21.7 Å². The average Bonchev–Trinajstić information content (AvgIpc) is 2.86. The van der Waals surface area contributed by atoms with Crippen molar-refractivity contribution in [1.29, 1.82) is 0 Å². The van der Waals surface area contributed by atoms with Crippen LogP contribution in [0.5, 0.6) is 0 Å². The summed E-state index contributed by atoms with van der Waals surface area (Å²) < 4.78 is 22.9. The van der Waals surface area contributed by atoms with Crippen molar-refractivity contribution in [1.82, 2.24) is 4.98 Å². The van der Waals surface area contributed by atoms with E-state index in [0.717, 1.165) is 10.6 Å². The summed E-state index contributed by atoms with van der Waals surface area (Å²) in [6.45, 7) is 1.90. The molecule has 2 heterocycles. The molecule has 0 aromatic carbocycles. The van der Waals surface area contributed by atoms with Crippen LogP contribution in [-0.4, -0.2) is 36.0 Å². The maximum absolute atomic E-state index is 11.5. The Kier molecular flexibility index (Phi) is 4.25. The third-order valence-corrected chi connectivity index (χ3v) is 6.47. The lowest BCUT2D eigenvalue weighted by molar-refractivity contribution is -0.143. The number of rotatable bonds is 5. The second-order valence-corrected chi connectivity index (χ2v) is 8.18. The molecule has 2 atom stereocenters. The van der Waals surface area contributed by atoms with Crippen molar-refractivity contribution in [2.75, 3.05) is 11.5 Å². The Morgan fingerprint density at radius 1 is 1.63 bits per heavy atom. The van der Waals surface area contributed by atoms with Crippen molar-refractivity contribution in [3.63, 3.8) is 0 Å². The molecule has 7 heteroatoms. The van der Waals surface area contributed by atoms with E-state index in [1.807, 2.05) is 6.92 Å². The van der Waals surface area contributed by atoms with E-state index in [4.69, 9.17) is 0 Å². The molecule has 0 bridgehead atoms. The fourth-order valence-electron chi connectivity index (χ4n) is 2.55. The zero-order chi connectivity index (χ0) is 14.0. The highest BCUT2D eigenvalue weighted by Crippen LogP contribution is 2.30. The van der Waals surface area contributed by atoms with Crippen molar-refractivity contribution in [2.24, 2.45) is 11.8 Å². The summed E-state index contributed by atoms with van der Waals surface area (Å²) in [5, 5.41) is 9.29. The number of hydrogen-bond acceptors (Lipinski definition) is 5. The van der Waals surface area contributed by atoms with E-state index in [1.165, 1.54) is 11.3 Å². The van der Waals surface area contributed by atoms with Crippen LogP contribution < -0.4 is 0 Å². The molecular weight excluding hydrogens is 286 g/mol. The van der Waals surface area contributed by atoms with Gasteiger partial charge in [-0.05, 0) is 32.1 Å². The first-order chi connectivity index (χ1) is 8.89. The number of carboxylic acids is 1.